The van der Waals surface area contributed by atoms with E-state index in [1.807, 2.05) is 0 Å². The molecule has 0 aromatic heterocycles. The lowest BCUT2D eigenvalue weighted by Crippen LogP contribution is -2.31. The molecule has 3 N–H and O–H groups in total. The summed E-state index contributed by atoms with van der Waals surface area (Å²) in [6.45, 7) is 2.53. The summed E-state index contributed by atoms with van der Waals surface area (Å²) in [4.78, 5) is 10.2. The number of carbonyl (C=O) groups is 1. The van der Waals surface area contributed by atoms with Gasteiger partial charge < -0.3 is 15.4 Å². The molecular formula is C9H20BNO3. The molecule has 0 saturated heterocycles. The number of rotatable bonds is 9. The van der Waals surface area contributed by atoms with Crippen molar-refractivity contribution in [3.63, 3.8) is 0 Å². The van der Waals surface area contributed by atoms with Crippen molar-refractivity contribution in [2.45, 2.75) is 45.3 Å². The first-order valence-corrected chi connectivity index (χ1v) is 5.26. The average Bonchev–Trinajstić information content (AvgIpc) is 2.08. The summed E-state index contributed by atoms with van der Waals surface area (Å²) < 4.78 is 0. The number of nitrogens with one attached hydrogen (secondary N) is 1. The van der Waals surface area contributed by atoms with Crippen LogP contribution < -0.4 is 5.23 Å². The maximum Gasteiger partial charge on any atom is 0.373 e. The molecule has 0 amide bonds. The summed E-state index contributed by atoms with van der Waals surface area (Å²) in [5.74, 6) is -0.708. The van der Waals surface area contributed by atoms with Gasteiger partial charge in [-0.1, -0.05) is 19.3 Å². The molecule has 0 aromatic carbocycles. The van der Waals surface area contributed by atoms with E-state index < -0.39 is 13.0 Å². The average molecular weight is 201 g/mol. The minimum Gasteiger partial charge on any atom is -0.481 e. The highest BCUT2D eigenvalue weighted by atomic mass is 16.4. The van der Waals surface area contributed by atoms with Gasteiger partial charge in [-0.25, -0.2) is 0 Å². The third-order valence-corrected chi connectivity index (χ3v) is 2.01. The van der Waals surface area contributed by atoms with Crippen molar-refractivity contribution >= 4 is 13.0 Å². The minimum atomic E-state index is -0.708. The van der Waals surface area contributed by atoms with Crippen LogP contribution in [-0.2, 0) is 4.79 Å². The Bertz CT molecular complexity index is 153. The Labute approximate surface area is 85.8 Å². The Morgan fingerprint density at radius 1 is 1.21 bits per heavy atom. The third-order valence-electron chi connectivity index (χ3n) is 2.01. The molecule has 0 aromatic rings. The first-order valence-electron chi connectivity index (χ1n) is 5.26. The Morgan fingerprint density at radius 2 is 1.79 bits per heavy atom. The van der Waals surface area contributed by atoms with Gasteiger partial charge in [0.05, 0.1) is 0 Å². The second kappa shape index (κ2) is 9.03. The van der Waals surface area contributed by atoms with Crippen molar-refractivity contribution in [1.82, 2.24) is 5.23 Å². The number of unbranched alkanes of at least 4 members (excludes halogenated alkanes) is 4. The zero-order chi connectivity index (χ0) is 10.8. The molecule has 0 saturated carbocycles. The first-order chi connectivity index (χ1) is 6.63. The molecule has 0 spiro atoms. The maximum absolute atomic E-state index is 10.2. The fourth-order valence-electron chi connectivity index (χ4n) is 1.24. The predicted molar refractivity (Wildman–Crippen MR) is 57.2 cm³/mol. The van der Waals surface area contributed by atoms with E-state index in [9.17, 15) is 4.79 Å². The van der Waals surface area contributed by atoms with Gasteiger partial charge in [0.15, 0.2) is 0 Å². The molecule has 0 fully saturated rings. The van der Waals surface area contributed by atoms with E-state index in [1.54, 1.807) is 6.82 Å². The van der Waals surface area contributed by atoms with Crippen molar-refractivity contribution in [1.29, 1.82) is 0 Å². The number of hydrogen-bond acceptors (Lipinski definition) is 3. The molecule has 0 atom stereocenters. The monoisotopic (exact) mass is 201 g/mol. The number of carboxylic acid groups (broad SMARTS) is 1. The zero-order valence-electron chi connectivity index (χ0n) is 8.83. The Morgan fingerprint density at radius 3 is 2.36 bits per heavy atom. The van der Waals surface area contributed by atoms with Crippen molar-refractivity contribution in [2.24, 2.45) is 0 Å². The minimum absolute atomic E-state index is 0.284. The highest BCUT2D eigenvalue weighted by molar-refractivity contribution is 6.45. The van der Waals surface area contributed by atoms with Crippen LogP contribution in [0.15, 0.2) is 0 Å². The number of carboxylic acids is 1. The van der Waals surface area contributed by atoms with E-state index in [0.29, 0.717) is 0 Å². The third kappa shape index (κ3) is 11.5. The van der Waals surface area contributed by atoms with Crippen molar-refractivity contribution in [2.75, 3.05) is 6.54 Å². The Balaban J connectivity index is 2.96. The zero-order valence-corrected chi connectivity index (χ0v) is 8.83. The normalized spacial score (nSPS) is 10.1. The van der Waals surface area contributed by atoms with Crippen molar-refractivity contribution < 1.29 is 14.9 Å². The fourth-order valence-corrected chi connectivity index (χ4v) is 1.24. The lowest BCUT2D eigenvalue weighted by Gasteiger charge is -2.03. The van der Waals surface area contributed by atoms with E-state index in [4.69, 9.17) is 10.1 Å². The van der Waals surface area contributed by atoms with Gasteiger partial charge in [-0.2, -0.15) is 0 Å². The lowest BCUT2D eigenvalue weighted by molar-refractivity contribution is -0.137. The smallest absolute Gasteiger partial charge is 0.373 e. The summed E-state index contributed by atoms with van der Waals surface area (Å²) in [5.41, 5.74) is 0. The lowest BCUT2D eigenvalue weighted by atomic mass is 9.89. The highest BCUT2D eigenvalue weighted by Crippen LogP contribution is 2.04. The Hall–Kier alpha value is -0.545. The molecule has 4 nitrogen and oxygen atoms in total. The van der Waals surface area contributed by atoms with E-state index in [2.05, 4.69) is 5.23 Å². The molecule has 0 heterocycles. The van der Waals surface area contributed by atoms with E-state index >= 15 is 0 Å². The van der Waals surface area contributed by atoms with Crippen molar-refractivity contribution in [3.05, 3.63) is 0 Å². The second-order valence-corrected chi connectivity index (χ2v) is 3.54. The predicted octanol–water partition coefficient (Wildman–Crippen LogP) is 1.11. The molecule has 0 aliphatic heterocycles. The van der Waals surface area contributed by atoms with Crippen LogP contribution >= 0.6 is 0 Å². The first kappa shape index (κ1) is 13.5. The van der Waals surface area contributed by atoms with Crippen LogP contribution in [0.25, 0.3) is 0 Å². The van der Waals surface area contributed by atoms with Crippen molar-refractivity contribution in [3.8, 4) is 0 Å². The van der Waals surface area contributed by atoms with Crippen LogP contribution in [0.3, 0.4) is 0 Å². The van der Waals surface area contributed by atoms with Crippen LogP contribution in [0.2, 0.25) is 6.82 Å². The van der Waals surface area contributed by atoms with Gasteiger partial charge in [-0.05, 0) is 26.2 Å². The van der Waals surface area contributed by atoms with Crippen LogP contribution in [0.4, 0.5) is 0 Å². The van der Waals surface area contributed by atoms with Crippen LogP contribution in [0, 0.1) is 0 Å². The van der Waals surface area contributed by atoms with Gasteiger partial charge >= 0.3 is 13.0 Å². The van der Waals surface area contributed by atoms with E-state index in [0.717, 1.165) is 38.6 Å². The van der Waals surface area contributed by atoms with Gasteiger partial charge in [0.2, 0.25) is 0 Å². The molecular weight excluding hydrogens is 181 g/mol. The van der Waals surface area contributed by atoms with Gasteiger partial charge in [0.25, 0.3) is 0 Å². The molecule has 5 heteroatoms. The summed E-state index contributed by atoms with van der Waals surface area (Å²) >= 11 is 0. The quantitative estimate of drug-likeness (QED) is 0.386. The second-order valence-electron chi connectivity index (χ2n) is 3.54. The molecule has 0 aliphatic carbocycles. The maximum atomic E-state index is 10.2. The molecule has 82 valence electrons. The number of hydrogen-bond donors (Lipinski definition) is 3. The topological polar surface area (TPSA) is 69.6 Å². The van der Waals surface area contributed by atoms with Gasteiger partial charge in [-0.3, -0.25) is 4.79 Å². The summed E-state index contributed by atoms with van der Waals surface area (Å²) in [5, 5.41) is 20.2. The standard InChI is InChI=1S/C9H20BNO3/c1-10(14)11-8-6-4-2-3-5-7-9(12)13/h11,14H,2-8H2,1H3,(H,12,13). The molecule has 0 unspecified atom stereocenters. The molecule has 0 bridgehead atoms. The summed E-state index contributed by atoms with van der Waals surface area (Å²) in [6, 6.07) is 0. The number of aliphatic carboxylic acids is 1. The van der Waals surface area contributed by atoms with Gasteiger partial charge in [0, 0.05) is 6.42 Å². The fraction of sp³-hybridized carbons (Fsp3) is 0.889. The SMILES string of the molecule is CB(O)NCCCCCCCC(=O)O. The largest absolute Gasteiger partial charge is 0.481 e. The highest BCUT2D eigenvalue weighted by Gasteiger charge is 1.99. The van der Waals surface area contributed by atoms with Crippen LogP contribution in [0.5, 0.6) is 0 Å². The van der Waals surface area contributed by atoms with E-state index in [1.165, 1.54) is 0 Å². The van der Waals surface area contributed by atoms with Gasteiger partial charge in [-0.15, -0.1) is 0 Å². The van der Waals surface area contributed by atoms with Gasteiger partial charge in [0.1, 0.15) is 0 Å². The van der Waals surface area contributed by atoms with E-state index in [-0.39, 0.29) is 6.42 Å². The Kier molecular flexibility index (Phi) is 8.68. The van der Waals surface area contributed by atoms with Crippen LogP contribution in [-0.4, -0.2) is 29.7 Å². The molecule has 0 aliphatic rings. The van der Waals surface area contributed by atoms with Crippen LogP contribution in [0.1, 0.15) is 38.5 Å². The molecule has 14 heavy (non-hydrogen) atoms. The summed E-state index contributed by atoms with van der Waals surface area (Å²) in [7, 11) is -0.429. The summed E-state index contributed by atoms with van der Waals surface area (Å²) in [6.07, 6.45) is 5.26. The molecule has 0 radical (unpaired) electrons. The molecule has 0 rings (SSSR count).